The van der Waals surface area contributed by atoms with Gasteiger partial charge in [-0.05, 0) is 173 Å². The number of piperidine rings is 5. The van der Waals surface area contributed by atoms with Gasteiger partial charge in [0, 0.05) is 59.6 Å². The Bertz CT molecular complexity index is 4930. The molecule has 19 nitrogen and oxygen atoms in total. The lowest BCUT2D eigenvalue weighted by atomic mass is 9.72. The lowest BCUT2D eigenvalue weighted by Crippen LogP contribution is -2.50. The molecule has 0 spiro atoms. The second-order valence-electron chi connectivity index (χ2n) is 24.2. The number of rotatable bonds is 9. The molecule has 0 atom stereocenters. The fraction of sp³-hybridized carbons (Fsp3) is 0.328. The van der Waals surface area contributed by atoms with Gasteiger partial charge in [0.2, 0.25) is 0 Å². The molecule has 18 rings (SSSR count). The minimum atomic E-state index is -0.326. The molecular weight excluding hydrogens is 1210 g/mol. The van der Waals surface area contributed by atoms with Crippen molar-refractivity contribution >= 4 is 86.9 Å². The Morgan fingerprint density at radius 1 is 0.648 bits per heavy atom. The highest BCUT2D eigenvalue weighted by atomic mass is 32.1. The first-order valence-corrected chi connectivity index (χ1v) is 33.3. The maximum atomic E-state index is 15.1. The van der Waals surface area contributed by atoms with Crippen molar-refractivity contribution in [2.24, 2.45) is 0 Å². The molecule has 460 valence electrons. The quantitative estimate of drug-likeness (QED) is 0.138. The number of hydrogen-bond donors (Lipinski definition) is 2. The summed E-state index contributed by atoms with van der Waals surface area (Å²) in [6, 6.07) is 25.0. The molecule has 13 aromatic rings. The van der Waals surface area contributed by atoms with E-state index in [0.29, 0.717) is 68.4 Å². The number of aromatic nitrogens is 13. The summed E-state index contributed by atoms with van der Waals surface area (Å²) in [7, 11) is 2.11. The highest BCUT2D eigenvalue weighted by Gasteiger charge is 2.43. The number of para-hydroxylation sites is 1. The van der Waals surface area contributed by atoms with Crippen molar-refractivity contribution in [1.82, 2.24) is 79.0 Å². The summed E-state index contributed by atoms with van der Waals surface area (Å²) >= 11 is 4.84. The highest BCUT2D eigenvalue weighted by Crippen LogP contribution is 2.46. The predicted octanol–water partition coefficient (Wildman–Crippen LogP) is 13.0. The molecule has 0 unspecified atom stereocenters. The summed E-state index contributed by atoms with van der Waals surface area (Å²) < 4.78 is 43.4. The number of hydrogen-bond acceptors (Lipinski definition) is 19. The van der Waals surface area contributed by atoms with Gasteiger partial charge in [-0.15, -0.1) is 22.7 Å². The molecule has 0 radical (unpaired) electrons. The SMILES string of the molecule is Cc1cn2cc(-c3ncc4nc(N(C)C5CCNCC5)sc4n3)cc(C#N)c2n1.Cc1cn2nc(-c3cc(F)c4nc(C56CCN(CC5)CC6)sc4c3)cc(C)c2n1.Cc1cn2nc(-c3cc(F)c4nc(C5CCNCC5)sc4c3)cc(Oc3ccccc3)c2n1. The number of benzene rings is 3. The number of nitrogens with one attached hydrogen (secondary N) is 2. The second kappa shape index (κ2) is 24.1. The summed E-state index contributed by atoms with van der Waals surface area (Å²) in [6.07, 6.45) is 17.0. The summed E-state index contributed by atoms with van der Waals surface area (Å²) in [4.78, 5) is 42.6. The van der Waals surface area contributed by atoms with Gasteiger partial charge in [-0.25, -0.2) is 57.7 Å². The van der Waals surface area contributed by atoms with E-state index in [2.05, 4.69) is 63.6 Å². The van der Waals surface area contributed by atoms with Crippen LogP contribution in [-0.2, 0) is 5.41 Å². The molecule has 5 fully saturated rings. The summed E-state index contributed by atoms with van der Waals surface area (Å²) in [5.74, 6) is 1.66. The predicted molar refractivity (Wildman–Crippen MR) is 354 cm³/mol. The Kier molecular flexibility index (Phi) is 15.5. The molecule has 5 saturated heterocycles. The number of nitriles is 1. The van der Waals surface area contributed by atoms with Crippen LogP contribution in [-0.4, -0.2) is 127 Å². The lowest BCUT2D eigenvalue weighted by molar-refractivity contribution is 0.0817. The number of nitrogens with zero attached hydrogens (tertiary/aromatic N) is 16. The maximum absolute atomic E-state index is 15.1. The summed E-state index contributed by atoms with van der Waals surface area (Å²) in [6.45, 7) is 15.2. The van der Waals surface area contributed by atoms with Gasteiger partial charge < -0.3 is 29.6 Å². The first-order chi connectivity index (χ1) is 44.3. The van der Waals surface area contributed by atoms with E-state index in [1.54, 1.807) is 61.4 Å². The molecule has 10 aromatic heterocycles. The van der Waals surface area contributed by atoms with Crippen LogP contribution in [0.1, 0.15) is 89.1 Å². The topological polar surface area (TPSA) is 206 Å². The molecule has 0 aliphatic carbocycles. The molecule has 2 N–H and O–H groups in total. The van der Waals surface area contributed by atoms with Gasteiger partial charge in [-0.1, -0.05) is 29.5 Å². The van der Waals surface area contributed by atoms with Crippen LogP contribution >= 0.6 is 34.0 Å². The zero-order chi connectivity index (χ0) is 62.1. The fourth-order valence-electron chi connectivity index (χ4n) is 13.0. The standard InChI is InChI=1S/C25H22FN5OS.C22H22FN5S.C20H20N8S/c1-15-14-31-24(28-15)21(32-18-5-3-2-4-6-18)13-20(30-31)17-11-19(26)23-22(12-17)33-25(29-23)16-7-9-27-10-8-16;1-13-9-17(26-28-12-14(2)24-20(13)28)15-10-16(23)19-18(11-15)29-21(25-19)22-3-6-27(7-4-22)8-5-22;1-12-10-28-11-14(7-13(8-21)18(28)24-12)17-23-9-16-19(26-17)29-20(25-16)27(2)15-3-5-22-6-4-15/h2-6,11-14,16,27H,7-10H2,1H3;9-12H,3-8H2,1-2H3;7,9-11,15,22H,3-6H2,1-2H3. The molecule has 5 aliphatic rings. The number of imidazole rings is 3. The van der Waals surface area contributed by atoms with Crippen molar-refractivity contribution < 1.29 is 13.5 Å². The third-order valence-electron chi connectivity index (χ3n) is 17.9. The Labute approximate surface area is 534 Å². The van der Waals surface area contributed by atoms with Crippen LogP contribution in [0.15, 0.2) is 104 Å². The van der Waals surface area contributed by atoms with Crippen molar-refractivity contribution in [2.45, 2.75) is 90.0 Å². The highest BCUT2D eigenvalue weighted by molar-refractivity contribution is 7.21. The normalized spacial score (nSPS) is 17.8. The van der Waals surface area contributed by atoms with E-state index in [9.17, 15) is 5.26 Å². The Balaban J connectivity index is 0.000000114. The Morgan fingerprint density at radius 2 is 1.27 bits per heavy atom. The average Bonchev–Trinajstić information content (AvgIpc) is 1.77. The van der Waals surface area contributed by atoms with Crippen molar-refractivity contribution in [1.29, 1.82) is 5.26 Å². The van der Waals surface area contributed by atoms with Gasteiger partial charge >= 0.3 is 0 Å². The first-order valence-electron chi connectivity index (χ1n) is 30.8. The summed E-state index contributed by atoms with van der Waals surface area (Å²) in [5, 5.41) is 28.8. The number of aryl methyl sites for hydroxylation is 4. The van der Waals surface area contributed by atoms with Crippen LogP contribution in [0.3, 0.4) is 0 Å². The smallest absolute Gasteiger partial charge is 0.197 e. The van der Waals surface area contributed by atoms with E-state index < -0.39 is 0 Å². The van der Waals surface area contributed by atoms with Crippen molar-refractivity contribution in [3.05, 3.63) is 154 Å². The molecule has 2 bridgehead atoms. The molecule has 0 amide bonds. The van der Waals surface area contributed by atoms with Crippen molar-refractivity contribution in [2.75, 3.05) is 57.8 Å². The molecular formula is C67H64F2N18OS3. The van der Waals surface area contributed by atoms with Crippen LogP contribution in [0.2, 0.25) is 0 Å². The van der Waals surface area contributed by atoms with Crippen molar-refractivity contribution in [3.63, 3.8) is 0 Å². The molecule has 15 heterocycles. The minimum absolute atomic E-state index is 0.146. The molecule has 3 aromatic carbocycles. The van der Waals surface area contributed by atoms with Gasteiger partial charge in [0.25, 0.3) is 0 Å². The van der Waals surface area contributed by atoms with Gasteiger partial charge in [0.1, 0.15) is 38.2 Å². The molecule has 24 heteroatoms. The van der Waals surface area contributed by atoms with Crippen LogP contribution in [0.5, 0.6) is 11.5 Å². The van der Waals surface area contributed by atoms with E-state index >= 15 is 8.78 Å². The molecule has 5 aliphatic heterocycles. The van der Waals surface area contributed by atoms with Gasteiger partial charge in [-0.2, -0.15) is 15.5 Å². The van der Waals surface area contributed by atoms with Gasteiger partial charge in [-0.3, -0.25) is 0 Å². The Hall–Kier alpha value is -8.83. The van der Waals surface area contributed by atoms with Crippen LogP contribution < -0.4 is 20.3 Å². The number of anilines is 1. The number of halogens is 2. The van der Waals surface area contributed by atoms with E-state index in [1.165, 1.54) is 6.07 Å². The van der Waals surface area contributed by atoms with Crippen LogP contribution in [0.4, 0.5) is 13.9 Å². The zero-order valence-electron chi connectivity index (χ0n) is 50.9. The number of ether oxygens (including phenoxy) is 1. The molecule has 91 heavy (non-hydrogen) atoms. The van der Waals surface area contributed by atoms with E-state index in [4.69, 9.17) is 24.8 Å². The van der Waals surface area contributed by atoms with Crippen molar-refractivity contribution in [3.8, 4) is 51.5 Å². The number of thiazole rings is 3. The summed E-state index contributed by atoms with van der Waals surface area (Å²) in [5.41, 5.74) is 11.8. The van der Waals surface area contributed by atoms with E-state index in [0.717, 1.165) is 171 Å². The van der Waals surface area contributed by atoms with E-state index in [-0.39, 0.29) is 17.0 Å². The third-order valence-corrected chi connectivity index (χ3v) is 21.4. The average molecular weight is 1270 g/mol. The van der Waals surface area contributed by atoms with Crippen LogP contribution in [0, 0.1) is 50.7 Å². The fourth-order valence-corrected chi connectivity index (χ4v) is 16.4. The van der Waals surface area contributed by atoms with Crippen LogP contribution in [0.25, 0.3) is 81.6 Å². The largest absolute Gasteiger partial charge is 0.453 e. The van der Waals surface area contributed by atoms with E-state index in [1.807, 2.05) is 111 Å². The minimum Gasteiger partial charge on any atom is -0.453 e. The number of fused-ring (bicyclic) bond motifs is 9. The Morgan fingerprint density at radius 3 is 1.98 bits per heavy atom. The lowest BCUT2D eigenvalue weighted by Gasteiger charge is -2.47. The maximum Gasteiger partial charge on any atom is 0.197 e. The number of pyridine rings is 1. The van der Waals surface area contributed by atoms with Gasteiger partial charge in [0.05, 0.1) is 67.0 Å². The first kappa shape index (κ1) is 58.5. The second-order valence-corrected chi connectivity index (χ2v) is 27.3. The third kappa shape index (κ3) is 11.5. The molecule has 0 saturated carbocycles. The van der Waals surface area contributed by atoms with Gasteiger partial charge in [0.15, 0.2) is 45.3 Å². The zero-order valence-corrected chi connectivity index (χ0v) is 53.4. The monoisotopic (exact) mass is 1270 g/mol.